The standard InChI is InChI=1S/C20H18BrFN4O2/c1-13-12-18(26(25-13)17-8-6-16(22)7-9-17)24-19(27)10-11-23-20(28)14-2-4-15(21)5-3-14/h2-9,12H,10-11H2,1H3,(H,23,28)(H,24,27). The van der Waals surface area contributed by atoms with Gasteiger partial charge in [0.2, 0.25) is 5.91 Å². The summed E-state index contributed by atoms with van der Waals surface area (Å²) in [6, 6.07) is 14.5. The van der Waals surface area contributed by atoms with Crippen LogP contribution in [0.25, 0.3) is 5.69 Å². The maximum absolute atomic E-state index is 13.1. The van der Waals surface area contributed by atoms with Crippen LogP contribution in [0.2, 0.25) is 0 Å². The van der Waals surface area contributed by atoms with Gasteiger partial charge in [0.05, 0.1) is 11.4 Å². The summed E-state index contributed by atoms with van der Waals surface area (Å²) in [6.45, 7) is 2.00. The predicted octanol–water partition coefficient (Wildman–Crippen LogP) is 3.84. The smallest absolute Gasteiger partial charge is 0.251 e. The lowest BCUT2D eigenvalue weighted by atomic mass is 10.2. The number of aromatic nitrogens is 2. The van der Waals surface area contributed by atoms with Gasteiger partial charge in [-0.05, 0) is 55.5 Å². The summed E-state index contributed by atoms with van der Waals surface area (Å²) in [4.78, 5) is 24.3. The zero-order chi connectivity index (χ0) is 20.1. The van der Waals surface area contributed by atoms with E-state index in [4.69, 9.17) is 0 Å². The Morgan fingerprint density at radius 2 is 1.79 bits per heavy atom. The van der Waals surface area contributed by atoms with E-state index in [0.29, 0.717) is 22.8 Å². The van der Waals surface area contributed by atoms with E-state index >= 15 is 0 Å². The number of amides is 2. The van der Waals surface area contributed by atoms with Crippen LogP contribution in [0.3, 0.4) is 0 Å². The van der Waals surface area contributed by atoms with Gasteiger partial charge in [0, 0.05) is 29.1 Å². The highest BCUT2D eigenvalue weighted by atomic mass is 79.9. The van der Waals surface area contributed by atoms with Crippen LogP contribution in [0.5, 0.6) is 0 Å². The van der Waals surface area contributed by atoms with Crippen molar-refractivity contribution >= 4 is 33.6 Å². The quantitative estimate of drug-likeness (QED) is 0.606. The molecule has 144 valence electrons. The lowest BCUT2D eigenvalue weighted by Crippen LogP contribution is -2.28. The summed E-state index contributed by atoms with van der Waals surface area (Å²) in [7, 11) is 0. The SMILES string of the molecule is Cc1cc(NC(=O)CCNC(=O)c2ccc(Br)cc2)n(-c2ccc(F)cc2)n1. The van der Waals surface area contributed by atoms with Crippen LogP contribution >= 0.6 is 15.9 Å². The van der Waals surface area contributed by atoms with Crippen LogP contribution in [0.1, 0.15) is 22.5 Å². The van der Waals surface area contributed by atoms with Crippen molar-refractivity contribution in [2.75, 3.05) is 11.9 Å². The number of carbonyl (C=O) groups is 2. The highest BCUT2D eigenvalue weighted by Crippen LogP contribution is 2.17. The number of halogens is 2. The largest absolute Gasteiger partial charge is 0.352 e. The van der Waals surface area contributed by atoms with Crippen molar-refractivity contribution in [2.45, 2.75) is 13.3 Å². The molecule has 0 bridgehead atoms. The first-order valence-corrected chi connectivity index (χ1v) is 9.38. The number of hydrogen-bond acceptors (Lipinski definition) is 3. The first kappa shape index (κ1) is 19.8. The lowest BCUT2D eigenvalue weighted by Gasteiger charge is -2.09. The van der Waals surface area contributed by atoms with Gasteiger partial charge in [0.1, 0.15) is 11.6 Å². The summed E-state index contributed by atoms with van der Waals surface area (Å²) in [6.07, 6.45) is 0.107. The normalized spacial score (nSPS) is 10.5. The molecule has 0 aliphatic heterocycles. The molecular weight excluding hydrogens is 427 g/mol. The average molecular weight is 445 g/mol. The summed E-state index contributed by atoms with van der Waals surface area (Å²) < 4.78 is 15.5. The van der Waals surface area contributed by atoms with Crippen molar-refractivity contribution in [3.05, 3.63) is 76.1 Å². The molecular formula is C20H18BrFN4O2. The minimum atomic E-state index is -0.347. The van der Waals surface area contributed by atoms with Crippen LogP contribution in [-0.4, -0.2) is 28.1 Å². The fourth-order valence-electron chi connectivity index (χ4n) is 2.57. The third-order valence-corrected chi connectivity index (χ3v) is 4.44. The number of carbonyl (C=O) groups excluding carboxylic acids is 2. The Morgan fingerprint density at radius 1 is 1.11 bits per heavy atom. The zero-order valence-corrected chi connectivity index (χ0v) is 16.7. The van der Waals surface area contributed by atoms with Gasteiger partial charge in [-0.1, -0.05) is 15.9 Å². The molecule has 28 heavy (non-hydrogen) atoms. The van der Waals surface area contributed by atoms with E-state index in [1.165, 1.54) is 16.8 Å². The van der Waals surface area contributed by atoms with Gasteiger partial charge in [-0.15, -0.1) is 0 Å². The molecule has 0 saturated carbocycles. The molecule has 1 aromatic heterocycles. The molecule has 0 aliphatic rings. The van der Waals surface area contributed by atoms with E-state index in [1.807, 2.05) is 0 Å². The molecule has 3 rings (SSSR count). The van der Waals surface area contributed by atoms with E-state index in [-0.39, 0.29) is 30.6 Å². The van der Waals surface area contributed by atoms with Crippen molar-refractivity contribution in [1.82, 2.24) is 15.1 Å². The molecule has 1 heterocycles. The third kappa shape index (κ3) is 5.04. The Kier molecular flexibility index (Phi) is 6.20. The molecule has 3 aromatic rings. The molecule has 0 unspecified atom stereocenters. The molecule has 0 saturated heterocycles. The number of benzene rings is 2. The minimum absolute atomic E-state index is 0.107. The number of aryl methyl sites for hydroxylation is 1. The Morgan fingerprint density at radius 3 is 2.46 bits per heavy atom. The zero-order valence-electron chi connectivity index (χ0n) is 15.1. The van der Waals surface area contributed by atoms with Crippen molar-refractivity contribution < 1.29 is 14.0 Å². The lowest BCUT2D eigenvalue weighted by molar-refractivity contribution is -0.116. The van der Waals surface area contributed by atoms with Gasteiger partial charge in [-0.25, -0.2) is 9.07 Å². The molecule has 6 nitrogen and oxygen atoms in total. The average Bonchev–Trinajstić information content (AvgIpc) is 3.02. The topological polar surface area (TPSA) is 76.0 Å². The van der Waals surface area contributed by atoms with Gasteiger partial charge >= 0.3 is 0 Å². The molecule has 2 N–H and O–H groups in total. The Balaban J connectivity index is 1.57. The number of rotatable bonds is 6. The molecule has 0 fully saturated rings. The van der Waals surface area contributed by atoms with E-state index in [2.05, 4.69) is 31.7 Å². The van der Waals surface area contributed by atoms with E-state index in [1.54, 1.807) is 49.4 Å². The first-order chi connectivity index (χ1) is 13.4. The monoisotopic (exact) mass is 444 g/mol. The summed E-state index contributed by atoms with van der Waals surface area (Å²) >= 11 is 3.32. The molecule has 8 heteroatoms. The van der Waals surface area contributed by atoms with Crippen molar-refractivity contribution in [1.29, 1.82) is 0 Å². The van der Waals surface area contributed by atoms with Gasteiger partial charge in [-0.3, -0.25) is 9.59 Å². The number of nitrogens with one attached hydrogen (secondary N) is 2. The van der Waals surface area contributed by atoms with Crippen molar-refractivity contribution in [3.8, 4) is 5.69 Å². The van der Waals surface area contributed by atoms with Gasteiger partial charge in [0.15, 0.2) is 0 Å². The Hall–Kier alpha value is -3.00. The van der Waals surface area contributed by atoms with Crippen LogP contribution < -0.4 is 10.6 Å². The second kappa shape index (κ2) is 8.79. The van der Waals surface area contributed by atoms with Gasteiger partial charge in [-0.2, -0.15) is 5.10 Å². The van der Waals surface area contributed by atoms with E-state index in [9.17, 15) is 14.0 Å². The van der Waals surface area contributed by atoms with Crippen LogP contribution in [0.15, 0.2) is 59.1 Å². The minimum Gasteiger partial charge on any atom is -0.352 e. The van der Waals surface area contributed by atoms with E-state index < -0.39 is 0 Å². The molecule has 2 aromatic carbocycles. The van der Waals surface area contributed by atoms with Crippen LogP contribution in [0, 0.1) is 12.7 Å². The van der Waals surface area contributed by atoms with Crippen LogP contribution in [0.4, 0.5) is 10.2 Å². The summed E-state index contributed by atoms with van der Waals surface area (Å²) in [5.74, 6) is -0.375. The second-order valence-corrected chi connectivity index (χ2v) is 7.04. The first-order valence-electron chi connectivity index (χ1n) is 8.58. The highest BCUT2D eigenvalue weighted by Gasteiger charge is 2.12. The van der Waals surface area contributed by atoms with Crippen molar-refractivity contribution in [2.24, 2.45) is 0 Å². The molecule has 0 spiro atoms. The van der Waals surface area contributed by atoms with E-state index in [0.717, 1.165) is 4.47 Å². The summed E-state index contributed by atoms with van der Waals surface area (Å²) in [5.41, 5.74) is 1.87. The molecule has 0 atom stereocenters. The van der Waals surface area contributed by atoms with Gasteiger partial charge < -0.3 is 10.6 Å². The van der Waals surface area contributed by atoms with Gasteiger partial charge in [0.25, 0.3) is 5.91 Å². The van der Waals surface area contributed by atoms with Crippen molar-refractivity contribution in [3.63, 3.8) is 0 Å². The van der Waals surface area contributed by atoms with Crippen LogP contribution in [-0.2, 0) is 4.79 Å². The highest BCUT2D eigenvalue weighted by molar-refractivity contribution is 9.10. The number of anilines is 1. The maximum atomic E-state index is 13.1. The predicted molar refractivity (Wildman–Crippen MR) is 108 cm³/mol. The molecule has 0 radical (unpaired) electrons. The summed E-state index contributed by atoms with van der Waals surface area (Å²) in [5, 5.41) is 9.81. The fraction of sp³-hybridized carbons (Fsp3) is 0.150. The number of nitrogens with zero attached hydrogens (tertiary/aromatic N) is 2. The number of hydrogen-bond donors (Lipinski definition) is 2. The fourth-order valence-corrected chi connectivity index (χ4v) is 2.83. The third-order valence-electron chi connectivity index (χ3n) is 3.91. The Labute approximate surface area is 169 Å². The molecule has 2 amide bonds. The second-order valence-electron chi connectivity index (χ2n) is 6.12. The Bertz CT molecular complexity index is 984. The maximum Gasteiger partial charge on any atom is 0.251 e. The molecule has 0 aliphatic carbocycles.